The fourth-order valence-electron chi connectivity index (χ4n) is 2.51. The summed E-state index contributed by atoms with van der Waals surface area (Å²) >= 11 is 11.4. The van der Waals surface area contributed by atoms with Gasteiger partial charge in [-0.25, -0.2) is 0 Å². The summed E-state index contributed by atoms with van der Waals surface area (Å²) in [6.45, 7) is 4.06. The van der Waals surface area contributed by atoms with Gasteiger partial charge >= 0.3 is 0 Å². The Morgan fingerprint density at radius 1 is 1.58 bits per heavy atom. The molecule has 0 bridgehead atoms. The van der Waals surface area contributed by atoms with Gasteiger partial charge in [0.2, 0.25) is 0 Å². The van der Waals surface area contributed by atoms with Crippen molar-refractivity contribution < 1.29 is 4.74 Å². The maximum absolute atomic E-state index is 6.13. The topological polar surface area (TPSA) is 21.3 Å². The molecule has 2 unspecified atom stereocenters. The van der Waals surface area contributed by atoms with Crippen LogP contribution in [0.15, 0.2) is 9.85 Å². The Morgan fingerprint density at radius 2 is 2.42 bits per heavy atom. The van der Waals surface area contributed by atoms with E-state index < -0.39 is 0 Å². The zero-order valence-corrected chi connectivity index (χ0v) is 14.4. The first kappa shape index (κ1) is 15.8. The van der Waals surface area contributed by atoms with E-state index in [0.717, 1.165) is 34.8 Å². The summed E-state index contributed by atoms with van der Waals surface area (Å²) in [6, 6.07) is 2.47. The highest BCUT2D eigenvalue weighted by Crippen LogP contribution is 2.37. The highest BCUT2D eigenvalue weighted by Gasteiger charge is 2.19. The Labute approximate surface area is 133 Å². The molecule has 0 spiro atoms. The molecule has 1 saturated heterocycles. The van der Waals surface area contributed by atoms with Gasteiger partial charge in [-0.1, -0.05) is 18.5 Å². The van der Waals surface area contributed by atoms with E-state index in [1.165, 1.54) is 24.1 Å². The number of ether oxygens (including phenoxy) is 1. The molecule has 0 radical (unpaired) electrons. The second kappa shape index (κ2) is 7.99. The van der Waals surface area contributed by atoms with E-state index in [4.69, 9.17) is 16.3 Å². The van der Waals surface area contributed by atoms with Gasteiger partial charge < -0.3 is 10.1 Å². The van der Waals surface area contributed by atoms with E-state index in [0.29, 0.717) is 12.1 Å². The average Bonchev–Trinajstić information content (AvgIpc) is 2.76. The van der Waals surface area contributed by atoms with Crippen LogP contribution in [-0.4, -0.2) is 19.3 Å². The third-order valence-corrected chi connectivity index (χ3v) is 6.10. The van der Waals surface area contributed by atoms with Crippen LogP contribution in [0.4, 0.5) is 0 Å². The molecular weight excluding hydrogens is 346 g/mol. The van der Waals surface area contributed by atoms with Crippen LogP contribution < -0.4 is 5.32 Å². The summed E-state index contributed by atoms with van der Waals surface area (Å²) in [5.74, 6) is 0. The number of thiophene rings is 1. The Bertz CT molecular complexity index is 373. The molecule has 2 nitrogen and oxygen atoms in total. The van der Waals surface area contributed by atoms with Crippen molar-refractivity contribution in [3.63, 3.8) is 0 Å². The molecule has 1 aliphatic rings. The van der Waals surface area contributed by atoms with Crippen molar-refractivity contribution in [1.82, 2.24) is 5.32 Å². The Kier molecular flexibility index (Phi) is 6.63. The van der Waals surface area contributed by atoms with E-state index in [9.17, 15) is 0 Å². The number of rotatable bonds is 6. The molecule has 1 aliphatic heterocycles. The molecule has 2 atom stereocenters. The van der Waals surface area contributed by atoms with Crippen molar-refractivity contribution >= 4 is 38.9 Å². The largest absolute Gasteiger partial charge is 0.378 e. The second-order valence-corrected chi connectivity index (χ2v) is 7.76. The zero-order chi connectivity index (χ0) is 13.7. The first-order chi connectivity index (χ1) is 9.20. The van der Waals surface area contributed by atoms with Gasteiger partial charge in [-0.2, -0.15) is 0 Å². The molecule has 1 aromatic rings. The van der Waals surface area contributed by atoms with Crippen LogP contribution in [0.1, 0.15) is 49.9 Å². The van der Waals surface area contributed by atoms with E-state index in [1.54, 1.807) is 11.3 Å². The molecule has 0 aromatic carbocycles. The van der Waals surface area contributed by atoms with E-state index in [-0.39, 0.29) is 0 Å². The Balaban J connectivity index is 1.91. The summed E-state index contributed by atoms with van der Waals surface area (Å²) in [5.41, 5.74) is 0. The minimum absolute atomic E-state index is 0.393. The first-order valence-electron chi connectivity index (χ1n) is 7.00. The van der Waals surface area contributed by atoms with Crippen LogP contribution in [0.5, 0.6) is 0 Å². The van der Waals surface area contributed by atoms with E-state index >= 15 is 0 Å². The van der Waals surface area contributed by atoms with Gasteiger partial charge in [0.1, 0.15) is 0 Å². The van der Waals surface area contributed by atoms with Crippen molar-refractivity contribution in [2.24, 2.45) is 0 Å². The van der Waals surface area contributed by atoms with Crippen molar-refractivity contribution in [3.05, 3.63) is 19.8 Å². The fourth-order valence-corrected chi connectivity index (χ4v) is 4.37. The molecule has 5 heteroatoms. The number of hydrogen-bond donors (Lipinski definition) is 1. The Hall–Kier alpha value is 0.390. The monoisotopic (exact) mass is 365 g/mol. The highest BCUT2D eigenvalue weighted by atomic mass is 79.9. The predicted molar refractivity (Wildman–Crippen MR) is 86.3 cm³/mol. The average molecular weight is 367 g/mol. The smallest absolute Gasteiger partial charge is 0.0887 e. The SMILES string of the molecule is CCNC(CCC1CCCCO1)c1cc(Cl)c(Br)s1. The van der Waals surface area contributed by atoms with Gasteiger partial charge in [-0.3, -0.25) is 0 Å². The van der Waals surface area contributed by atoms with Crippen molar-refractivity contribution in [2.45, 2.75) is 51.2 Å². The van der Waals surface area contributed by atoms with Crippen LogP contribution in [0, 0.1) is 0 Å². The quantitative estimate of drug-likeness (QED) is 0.750. The van der Waals surface area contributed by atoms with Gasteiger partial charge in [0, 0.05) is 17.5 Å². The van der Waals surface area contributed by atoms with Crippen molar-refractivity contribution in [3.8, 4) is 0 Å². The molecule has 2 rings (SSSR count). The maximum atomic E-state index is 6.13. The standard InChI is InChI=1S/C14H21BrClNOS/c1-2-17-12(13-9-11(16)14(15)19-13)7-6-10-5-3-4-8-18-10/h9-10,12,17H,2-8H2,1H3. The van der Waals surface area contributed by atoms with Crippen LogP contribution >= 0.6 is 38.9 Å². The summed E-state index contributed by atoms with van der Waals surface area (Å²) in [6.07, 6.45) is 6.45. The maximum Gasteiger partial charge on any atom is 0.0887 e. The van der Waals surface area contributed by atoms with Crippen LogP contribution in [0.3, 0.4) is 0 Å². The minimum Gasteiger partial charge on any atom is -0.378 e. The lowest BCUT2D eigenvalue weighted by atomic mass is 10.0. The van der Waals surface area contributed by atoms with Gasteiger partial charge in [-0.15, -0.1) is 11.3 Å². The number of halogens is 2. The van der Waals surface area contributed by atoms with Crippen molar-refractivity contribution in [1.29, 1.82) is 0 Å². The molecule has 0 amide bonds. The van der Waals surface area contributed by atoms with Gasteiger partial charge in [0.15, 0.2) is 0 Å². The summed E-state index contributed by atoms with van der Waals surface area (Å²) < 4.78 is 6.84. The third kappa shape index (κ3) is 4.71. The van der Waals surface area contributed by atoms with Crippen molar-refractivity contribution in [2.75, 3.05) is 13.2 Å². The molecule has 0 saturated carbocycles. The lowest BCUT2D eigenvalue weighted by Crippen LogP contribution is -2.24. The summed E-state index contributed by atoms with van der Waals surface area (Å²) in [5, 5.41) is 4.37. The van der Waals surface area contributed by atoms with Crippen LogP contribution in [-0.2, 0) is 4.74 Å². The predicted octanol–water partition coefficient (Wildman–Crippen LogP) is 5.16. The lowest BCUT2D eigenvalue weighted by molar-refractivity contribution is 0.00862. The van der Waals surface area contributed by atoms with E-state index in [2.05, 4.69) is 34.2 Å². The second-order valence-electron chi connectivity index (χ2n) is 4.95. The molecule has 0 aliphatic carbocycles. The minimum atomic E-state index is 0.393. The van der Waals surface area contributed by atoms with Gasteiger partial charge in [0.25, 0.3) is 0 Å². The van der Waals surface area contributed by atoms with E-state index in [1.807, 2.05) is 0 Å². The van der Waals surface area contributed by atoms with Crippen LogP contribution in [0.2, 0.25) is 5.02 Å². The third-order valence-electron chi connectivity index (χ3n) is 3.51. The molecule has 1 N–H and O–H groups in total. The summed E-state index contributed by atoms with van der Waals surface area (Å²) in [7, 11) is 0. The fraction of sp³-hybridized carbons (Fsp3) is 0.714. The van der Waals surface area contributed by atoms with Gasteiger partial charge in [0.05, 0.1) is 14.9 Å². The summed E-state index contributed by atoms with van der Waals surface area (Å²) in [4.78, 5) is 1.31. The normalized spacial score (nSPS) is 21.5. The zero-order valence-electron chi connectivity index (χ0n) is 11.3. The molecular formula is C14H21BrClNOS. The number of nitrogens with one attached hydrogen (secondary N) is 1. The molecule has 19 heavy (non-hydrogen) atoms. The molecule has 1 aromatic heterocycles. The Morgan fingerprint density at radius 3 is 3.00 bits per heavy atom. The molecule has 1 fully saturated rings. The molecule has 2 heterocycles. The first-order valence-corrected chi connectivity index (χ1v) is 8.99. The molecule has 108 valence electrons. The highest BCUT2D eigenvalue weighted by molar-refractivity contribution is 9.11. The van der Waals surface area contributed by atoms with Crippen LogP contribution in [0.25, 0.3) is 0 Å². The number of hydrogen-bond acceptors (Lipinski definition) is 3. The lowest BCUT2D eigenvalue weighted by Gasteiger charge is -2.25. The van der Waals surface area contributed by atoms with Gasteiger partial charge in [-0.05, 0) is 60.6 Å².